The van der Waals surface area contributed by atoms with Gasteiger partial charge in [-0.25, -0.2) is 4.79 Å². The van der Waals surface area contributed by atoms with Gasteiger partial charge in [0, 0.05) is 10.5 Å². The number of benzene rings is 2. The smallest absolute Gasteiger partial charge is 0.344 e. The molecule has 1 aliphatic rings. The highest BCUT2D eigenvalue weighted by atomic mass is 32.2. The Morgan fingerprint density at radius 2 is 2.00 bits per heavy atom. The topological polar surface area (TPSA) is 80.9 Å². The summed E-state index contributed by atoms with van der Waals surface area (Å²) in [4.78, 5) is 12.7. The number of hydrazine groups is 1. The normalized spacial score (nSPS) is 13.7. The number of carbonyl (C=O) groups is 1. The predicted octanol–water partition coefficient (Wildman–Crippen LogP) is 4.35. The number of anilines is 1. The highest BCUT2D eigenvalue weighted by Gasteiger charge is 2.27. The first-order valence-corrected chi connectivity index (χ1v) is 11.8. The number of hydrogen-bond acceptors (Lipinski definition) is 7. The minimum atomic E-state index is -0.523. The van der Waals surface area contributed by atoms with E-state index in [1.807, 2.05) is 62.6 Å². The van der Waals surface area contributed by atoms with E-state index >= 15 is 0 Å². The SMILES string of the molecule is CCOC(=O)COc1ccc2c(c1)C(NNC(=S)Nc1ccccc1SC)=CC(C)(C)O2. The zero-order valence-corrected chi connectivity index (χ0v) is 20.1. The third-order valence-corrected chi connectivity index (χ3v) is 5.43. The largest absolute Gasteiger partial charge is 0.483 e. The van der Waals surface area contributed by atoms with Crippen molar-refractivity contribution in [1.82, 2.24) is 10.9 Å². The Morgan fingerprint density at radius 1 is 1.22 bits per heavy atom. The molecule has 2 aromatic rings. The Hall–Kier alpha value is -2.91. The fraction of sp³-hybridized carbons (Fsp3) is 0.304. The average Bonchev–Trinajstić information content (AvgIpc) is 2.76. The second-order valence-electron chi connectivity index (χ2n) is 7.42. The first kappa shape index (κ1) is 23.7. The van der Waals surface area contributed by atoms with Gasteiger partial charge in [-0.15, -0.1) is 11.8 Å². The van der Waals surface area contributed by atoms with Gasteiger partial charge < -0.3 is 19.5 Å². The molecule has 9 heteroatoms. The third-order valence-electron chi connectivity index (χ3n) is 4.43. The van der Waals surface area contributed by atoms with Gasteiger partial charge in [-0.3, -0.25) is 10.9 Å². The summed E-state index contributed by atoms with van der Waals surface area (Å²) in [6, 6.07) is 13.3. The molecule has 7 nitrogen and oxygen atoms in total. The van der Waals surface area contributed by atoms with Crippen LogP contribution in [0.2, 0.25) is 0 Å². The zero-order chi connectivity index (χ0) is 23.1. The van der Waals surface area contributed by atoms with Gasteiger partial charge in [-0.2, -0.15) is 0 Å². The number of esters is 1. The molecule has 0 bridgehead atoms. The van der Waals surface area contributed by atoms with Crippen LogP contribution in [-0.2, 0) is 9.53 Å². The quantitative estimate of drug-likeness (QED) is 0.224. The first-order valence-electron chi connectivity index (χ1n) is 10.1. The summed E-state index contributed by atoms with van der Waals surface area (Å²) in [6.07, 6.45) is 3.97. The van der Waals surface area contributed by atoms with Gasteiger partial charge in [0.25, 0.3) is 0 Å². The number of thioether (sulfide) groups is 1. The lowest BCUT2D eigenvalue weighted by Crippen LogP contribution is -2.41. The number of ether oxygens (including phenoxy) is 3. The molecule has 2 aromatic carbocycles. The average molecular weight is 474 g/mol. The summed E-state index contributed by atoms with van der Waals surface area (Å²) in [7, 11) is 0. The molecule has 0 aliphatic carbocycles. The van der Waals surface area contributed by atoms with Gasteiger partial charge in [0.2, 0.25) is 0 Å². The summed E-state index contributed by atoms with van der Waals surface area (Å²) in [5, 5.41) is 3.63. The van der Waals surface area contributed by atoms with Crippen molar-refractivity contribution in [2.75, 3.05) is 24.8 Å². The minimum Gasteiger partial charge on any atom is -0.483 e. The predicted molar refractivity (Wildman–Crippen MR) is 132 cm³/mol. The van der Waals surface area contributed by atoms with Crippen molar-refractivity contribution in [3.05, 3.63) is 54.1 Å². The van der Waals surface area contributed by atoms with Crippen LogP contribution in [0, 0.1) is 0 Å². The maximum Gasteiger partial charge on any atom is 0.344 e. The Labute approximate surface area is 197 Å². The highest BCUT2D eigenvalue weighted by molar-refractivity contribution is 7.98. The van der Waals surface area contributed by atoms with Crippen LogP contribution in [0.1, 0.15) is 26.3 Å². The molecule has 0 fully saturated rings. The fourth-order valence-electron chi connectivity index (χ4n) is 3.11. The van der Waals surface area contributed by atoms with Crippen LogP contribution in [0.3, 0.4) is 0 Å². The minimum absolute atomic E-state index is 0.160. The summed E-state index contributed by atoms with van der Waals surface area (Å²) < 4.78 is 16.5. The number of fused-ring (bicyclic) bond motifs is 1. The van der Waals surface area contributed by atoms with Crippen LogP contribution in [0.15, 0.2) is 53.4 Å². The van der Waals surface area contributed by atoms with Gasteiger partial charge in [0.05, 0.1) is 18.0 Å². The number of para-hydroxylation sites is 1. The zero-order valence-electron chi connectivity index (χ0n) is 18.5. The van der Waals surface area contributed by atoms with Crippen LogP contribution < -0.4 is 25.6 Å². The summed E-state index contributed by atoms with van der Waals surface area (Å²) in [6.45, 7) is 5.84. The van der Waals surface area contributed by atoms with Gasteiger partial charge in [-0.1, -0.05) is 12.1 Å². The van der Waals surface area contributed by atoms with Crippen LogP contribution >= 0.6 is 24.0 Å². The highest BCUT2D eigenvalue weighted by Crippen LogP contribution is 2.37. The lowest BCUT2D eigenvalue weighted by Gasteiger charge is -2.31. The Kier molecular flexibility index (Phi) is 7.87. The summed E-state index contributed by atoms with van der Waals surface area (Å²) in [5.74, 6) is 0.805. The van der Waals surface area contributed by atoms with Crippen molar-refractivity contribution in [3.63, 3.8) is 0 Å². The molecule has 0 spiro atoms. The monoisotopic (exact) mass is 473 g/mol. The van der Waals surface area contributed by atoms with Crippen LogP contribution in [-0.4, -0.2) is 36.2 Å². The van der Waals surface area contributed by atoms with E-state index in [1.54, 1.807) is 24.8 Å². The molecular weight excluding hydrogens is 446 g/mol. The lowest BCUT2D eigenvalue weighted by molar-refractivity contribution is -0.145. The molecular formula is C23H27N3O4S2. The van der Waals surface area contributed by atoms with Gasteiger partial charge in [0.15, 0.2) is 11.7 Å². The van der Waals surface area contributed by atoms with Crippen LogP contribution in [0.25, 0.3) is 5.70 Å². The molecule has 0 radical (unpaired) electrons. The maximum absolute atomic E-state index is 11.6. The maximum atomic E-state index is 11.6. The molecule has 1 heterocycles. The molecule has 0 saturated heterocycles. The van der Waals surface area contributed by atoms with Crippen molar-refractivity contribution in [2.24, 2.45) is 0 Å². The van der Waals surface area contributed by atoms with Gasteiger partial charge >= 0.3 is 5.97 Å². The summed E-state index contributed by atoms with van der Waals surface area (Å²) in [5.41, 5.74) is 8.18. The molecule has 0 unspecified atom stereocenters. The van der Waals surface area contributed by atoms with E-state index in [0.717, 1.165) is 21.8 Å². The van der Waals surface area contributed by atoms with Crippen LogP contribution in [0.5, 0.6) is 11.5 Å². The second-order valence-corrected chi connectivity index (χ2v) is 8.68. The van der Waals surface area contributed by atoms with Crippen molar-refractivity contribution in [1.29, 1.82) is 0 Å². The molecule has 1 aliphatic heterocycles. The standard InChI is InChI=1S/C23H27N3O4S2/c1-5-28-21(27)14-29-15-10-11-19-16(12-15)18(13-23(2,3)30-19)25-26-22(31)24-17-8-6-7-9-20(17)32-4/h6-13,25H,5,14H2,1-4H3,(H2,24,26,31). The van der Waals surface area contributed by atoms with Crippen molar-refractivity contribution < 1.29 is 19.0 Å². The van der Waals surface area contributed by atoms with Crippen molar-refractivity contribution >= 4 is 46.4 Å². The Bertz CT molecular complexity index is 1020. The summed E-state index contributed by atoms with van der Waals surface area (Å²) >= 11 is 7.10. The molecule has 0 aromatic heterocycles. The Balaban J connectivity index is 1.71. The molecule has 170 valence electrons. The van der Waals surface area contributed by atoms with Crippen molar-refractivity contribution in [3.8, 4) is 11.5 Å². The fourth-order valence-corrected chi connectivity index (χ4v) is 3.83. The number of nitrogens with one attached hydrogen (secondary N) is 3. The lowest BCUT2D eigenvalue weighted by atomic mass is 9.99. The first-order chi connectivity index (χ1) is 15.3. The molecule has 3 rings (SSSR count). The Morgan fingerprint density at radius 3 is 2.75 bits per heavy atom. The van der Waals surface area contributed by atoms with Gasteiger partial charge in [0.1, 0.15) is 17.1 Å². The second kappa shape index (κ2) is 10.6. The van der Waals surface area contributed by atoms with E-state index in [4.69, 9.17) is 26.4 Å². The van der Waals surface area contributed by atoms with E-state index in [0.29, 0.717) is 23.2 Å². The number of hydrogen-bond donors (Lipinski definition) is 3. The van der Waals surface area contributed by atoms with E-state index in [1.165, 1.54) is 0 Å². The van der Waals surface area contributed by atoms with E-state index < -0.39 is 11.6 Å². The molecule has 0 amide bonds. The molecule has 0 atom stereocenters. The van der Waals surface area contributed by atoms with Crippen LogP contribution in [0.4, 0.5) is 5.69 Å². The molecule has 3 N–H and O–H groups in total. The van der Waals surface area contributed by atoms with E-state index in [9.17, 15) is 4.79 Å². The molecule has 0 saturated carbocycles. The molecule has 32 heavy (non-hydrogen) atoms. The number of thiocarbonyl (C=S) groups is 1. The van der Waals surface area contributed by atoms with E-state index in [2.05, 4.69) is 16.2 Å². The number of rotatable bonds is 8. The number of carbonyl (C=O) groups excluding carboxylic acids is 1. The van der Waals surface area contributed by atoms with Crippen molar-refractivity contribution in [2.45, 2.75) is 31.3 Å². The van der Waals surface area contributed by atoms with Gasteiger partial charge in [-0.05, 0) is 75.7 Å². The third kappa shape index (κ3) is 6.30. The van der Waals surface area contributed by atoms with E-state index in [-0.39, 0.29) is 6.61 Å².